The minimum absolute atomic E-state index is 0.543. The summed E-state index contributed by atoms with van der Waals surface area (Å²) in [5, 5.41) is 2.44. The second-order valence-corrected chi connectivity index (χ2v) is 16.4. The van der Waals surface area contributed by atoms with Crippen LogP contribution in [0, 0.1) is 0 Å². The third-order valence-corrected chi connectivity index (χ3v) is 13.1. The zero-order valence-corrected chi connectivity index (χ0v) is 34.6. The molecule has 0 spiro atoms. The molecule has 0 saturated carbocycles. The van der Waals surface area contributed by atoms with Crippen LogP contribution in [-0.4, -0.2) is 4.57 Å². The molecular formula is C61H42N2. The van der Waals surface area contributed by atoms with E-state index in [1.54, 1.807) is 0 Å². The van der Waals surface area contributed by atoms with Crippen molar-refractivity contribution in [1.82, 2.24) is 4.57 Å². The van der Waals surface area contributed by atoms with Crippen LogP contribution < -0.4 is 4.90 Å². The Labute approximate surface area is 368 Å². The Hall–Kier alpha value is -8.20. The highest BCUT2D eigenvalue weighted by Crippen LogP contribution is 2.57. The van der Waals surface area contributed by atoms with Gasteiger partial charge in [-0.15, -0.1) is 0 Å². The first kappa shape index (κ1) is 36.6. The second-order valence-electron chi connectivity index (χ2n) is 16.4. The summed E-state index contributed by atoms with van der Waals surface area (Å²) >= 11 is 0. The first-order valence-corrected chi connectivity index (χ1v) is 21.8. The number of fused-ring (bicyclic) bond motifs is 6. The van der Waals surface area contributed by atoms with E-state index in [2.05, 4.69) is 264 Å². The van der Waals surface area contributed by atoms with E-state index >= 15 is 0 Å². The molecule has 63 heavy (non-hydrogen) atoms. The zero-order chi connectivity index (χ0) is 41.7. The van der Waals surface area contributed by atoms with Crippen molar-refractivity contribution in [2.75, 3.05) is 4.90 Å². The minimum atomic E-state index is -0.543. The predicted molar refractivity (Wildman–Crippen MR) is 264 cm³/mol. The van der Waals surface area contributed by atoms with Crippen molar-refractivity contribution >= 4 is 38.9 Å². The van der Waals surface area contributed by atoms with Crippen LogP contribution in [0.3, 0.4) is 0 Å². The lowest BCUT2D eigenvalue weighted by molar-refractivity contribution is 0.768. The van der Waals surface area contributed by atoms with E-state index in [1.165, 1.54) is 71.9 Å². The molecule has 2 heteroatoms. The largest absolute Gasteiger partial charge is 0.308 e. The lowest BCUT2D eigenvalue weighted by Gasteiger charge is -2.35. The van der Waals surface area contributed by atoms with Gasteiger partial charge in [-0.2, -0.15) is 0 Å². The molecule has 0 saturated heterocycles. The number of anilines is 3. The molecule has 0 N–H and O–H groups in total. The van der Waals surface area contributed by atoms with E-state index in [-0.39, 0.29) is 0 Å². The average molecular weight is 803 g/mol. The van der Waals surface area contributed by atoms with Gasteiger partial charge in [0.1, 0.15) is 0 Å². The number of para-hydroxylation sites is 2. The van der Waals surface area contributed by atoms with Crippen LogP contribution in [0.25, 0.3) is 60.9 Å². The van der Waals surface area contributed by atoms with Gasteiger partial charge in [0, 0.05) is 27.8 Å². The molecule has 12 rings (SSSR count). The summed E-state index contributed by atoms with van der Waals surface area (Å²) in [6.45, 7) is 0. The maximum Gasteiger partial charge on any atom is 0.0788 e. The van der Waals surface area contributed by atoms with Gasteiger partial charge in [-0.1, -0.05) is 206 Å². The van der Waals surface area contributed by atoms with Gasteiger partial charge >= 0.3 is 0 Å². The Morgan fingerprint density at radius 1 is 0.349 bits per heavy atom. The Morgan fingerprint density at radius 3 is 1.54 bits per heavy atom. The first-order valence-electron chi connectivity index (χ1n) is 21.8. The summed E-state index contributed by atoms with van der Waals surface area (Å²) in [6, 6.07) is 93.3. The van der Waals surface area contributed by atoms with E-state index in [9.17, 15) is 0 Å². The van der Waals surface area contributed by atoms with E-state index in [4.69, 9.17) is 0 Å². The fourth-order valence-electron chi connectivity index (χ4n) is 10.4. The van der Waals surface area contributed by atoms with Crippen LogP contribution in [0.2, 0.25) is 0 Å². The molecule has 0 atom stereocenters. The van der Waals surface area contributed by atoms with Gasteiger partial charge in [-0.25, -0.2) is 0 Å². The van der Waals surface area contributed by atoms with Crippen molar-refractivity contribution in [3.8, 4) is 39.1 Å². The quantitative estimate of drug-likeness (QED) is 0.149. The molecule has 0 aliphatic heterocycles. The van der Waals surface area contributed by atoms with E-state index in [1.807, 2.05) is 0 Å². The molecule has 0 unspecified atom stereocenters. The molecule has 0 bridgehead atoms. The van der Waals surface area contributed by atoms with Gasteiger partial charge in [0.15, 0.2) is 0 Å². The van der Waals surface area contributed by atoms with Crippen LogP contribution in [0.15, 0.2) is 255 Å². The Kier molecular flexibility index (Phi) is 8.76. The maximum absolute atomic E-state index is 2.49. The van der Waals surface area contributed by atoms with Gasteiger partial charge in [-0.3, -0.25) is 0 Å². The van der Waals surface area contributed by atoms with Crippen molar-refractivity contribution in [3.05, 3.63) is 277 Å². The van der Waals surface area contributed by atoms with Crippen molar-refractivity contribution in [1.29, 1.82) is 0 Å². The smallest absolute Gasteiger partial charge is 0.0788 e. The number of nitrogens with zero attached hydrogens (tertiary/aromatic N) is 2. The van der Waals surface area contributed by atoms with Gasteiger partial charge in [0.25, 0.3) is 0 Å². The van der Waals surface area contributed by atoms with Crippen molar-refractivity contribution in [3.63, 3.8) is 0 Å². The van der Waals surface area contributed by atoms with Gasteiger partial charge in [0.05, 0.1) is 22.1 Å². The highest BCUT2D eigenvalue weighted by atomic mass is 15.2. The summed E-state index contributed by atoms with van der Waals surface area (Å²) < 4.78 is 2.47. The number of rotatable bonds is 8. The third kappa shape index (κ3) is 5.80. The molecule has 0 radical (unpaired) electrons. The molecular weight excluding hydrogens is 761 g/mol. The molecule has 0 fully saturated rings. The van der Waals surface area contributed by atoms with Crippen molar-refractivity contribution in [2.45, 2.75) is 5.41 Å². The Bertz CT molecular complexity index is 3370. The molecule has 0 amide bonds. The monoisotopic (exact) mass is 802 g/mol. The minimum Gasteiger partial charge on any atom is -0.308 e. The number of benzene rings is 10. The predicted octanol–water partition coefficient (Wildman–Crippen LogP) is 16.0. The van der Waals surface area contributed by atoms with Gasteiger partial charge < -0.3 is 9.47 Å². The number of hydrogen-bond acceptors (Lipinski definition) is 1. The molecule has 2 nitrogen and oxygen atoms in total. The van der Waals surface area contributed by atoms with Crippen LogP contribution in [0.1, 0.15) is 22.3 Å². The normalized spacial score (nSPS) is 12.6. The topological polar surface area (TPSA) is 8.17 Å². The summed E-state index contributed by atoms with van der Waals surface area (Å²) in [5.74, 6) is 0. The van der Waals surface area contributed by atoms with Crippen molar-refractivity contribution in [2.24, 2.45) is 0 Å². The number of hydrogen-bond donors (Lipinski definition) is 0. The summed E-state index contributed by atoms with van der Waals surface area (Å²) in [7, 11) is 0. The van der Waals surface area contributed by atoms with Crippen LogP contribution in [0.5, 0.6) is 0 Å². The average Bonchev–Trinajstić information content (AvgIpc) is 3.87. The van der Waals surface area contributed by atoms with Gasteiger partial charge in [0.2, 0.25) is 0 Å². The highest BCUT2D eigenvalue weighted by Gasteiger charge is 2.46. The van der Waals surface area contributed by atoms with Gasteiger partial charge in [-0.05, 0) is 104 Å². The summed E-state index contributed by atoms with van der Waals surface area (Å²) in [4.78, 5) is 2.49. The molecule has 1 aliphatic carbocycles. The molecule has 1 aliphatic rings. The standard InChI is InChI=1S/C61H42N2/c1-6-20-43(21-7-1)44-34-36-49(37-35-44)62(50-38-39-53-52-30-16-18-32-55(52)61(56(53)42-50,46-24-10-3-11-25-46)47-26-12-4-13-27-47)58-41-40-51(45-22-8-2-9-23-45)59-54-31-17-19-33-57(54)63(60(58)59)48-28-14-5-15-29-48/h1-42H. The SMILES string of the molecule is c1ccc(-c2ccc(N(c3ccc4c(c3)C(c3ccccc3)(c3ccccc3)c3ccccc3-4)c3ccc(-c4ccccc4)c4c5ccccc5n(-c5ccccc5)c34)cc2)cc1. The van der Waals surface area contributed by atoms with Crippen LogP contribution >= 0.6 is 0 Å². The zero-order valence-electron chi connectivity index (χ0n) is 34.6. The first-order chi connectivity index (χ1) is 31.3. The van der Waals surface area contributed by atoms with Crippen LogP contribution in [0.4, 0.5) is 17.1 Å². The lowest BCUT2D eigenvalue weighted by Crippen LogP contribution is -2.28. The van der Waals surface area contributed by atoms with Crippen molar-refractivity contribution < 1.29 is 0 Å². The number of aromatic nitrogens is 1. The Morgan fingerprint density at radius 2 is 0.857 bits per heavy atom. The molecule has 10 aromatic carbocycles. The summed E-state index contributed by atoms with van der Waals surface area (Å²) in [5.41, 5.74) is 18.5. The highest BCUT2D eigenvalue weighted by molar-refractivity contribution is 6.20. The maximum atomic E-state index is 2.49. The summed E-state index contributed by atoms with van der Waals surface area (Å²) in [6.07, 6.45) is 0. The molecule has 11 aromatic rings. The fourth-order valence-corrected chi connectivity index (χ4v) is 10.4. The van der Waals surface area contributed by atoms with E-state index in [0.29, 0.717) is 0 Å². The fraction of sp³-hybridized carbons (Fsp3) is 0.0164. The molecule has 1 aromatic heterocycles. The third-order valence-electron chi connectivity index (χ3n) is 13.1. The van der Waals surface area contributed by atoms with Crippen LogP contribution in [-0.2, 0) is 5.41 Å². The molecule has 296 valence electrons. The Balaban J connectivity index is 1.19. The second kappa shape index (κ2) is 15.1. The van der Waals surface area contributed by atoms with E-state index < -0.39 is 5.41 Å². The van der Waals surface area contributed by atoms with E-state index in [0.717, 1.165) is 28.3 Å². The lowest BCUT2D eigenvalue weighted by atomic mass is 9.67. The molecule has 1 heterocycles.